The second-order valence-electron chi connectivity index (χ2n) is 6.57. The highest BCUT2D eigenvalue weighted by Crippen LogP contribution is 2.43. The summed E-state index contributed by atoms with van der Waals surface area (Å²) in [6.07, 6.45) is 9.00. The van der Waals surface area contributed by atoms with Gasteiger partial charge in [-0.05, 0) is 43.2 Å². The van der Waals surface area contributed by atoms with E-state index < -0.39 is 0 Å². The minimum Gasteiger partial charge on any atom is -0.466 e. The Labute approximate surface area is 148 Å². The Bertz CT molecular complexity index is 586. The van der Waals surface area contributed by atoms with E-state index in [1.807, 2.05) is 6.92 Å². The van der Waals surface area contributed by atoms with Crippen LogP contribution < -0.4 is 5.32 Å². The number of ether oxygens (including phenoxy) is 1. The number of hydrogen-bond acceptors (Lipinski definition) is 5. The van der Waals surface area contributed by atoms with Gasteiger partial charge in [-0.1, -0.05) is 25.8 Å². The summed E-state index contributed by atoms with van der Waals surface area (Å²) in [6.45, 7) is 8.22. The molecule has 1 aromatic heterocycles. The van der Waals surface area contributed by atoms with Crippen molar-refractivity contribution in [1.82, 2.24) is 9.97 Å². The molecule has 1 fully saturated rings. The Morgan fingerprint density at radius 3 is 2.88 bits per heavy atom. The van der Waals surface area contributed by atoms with Crippen LogP contribution in [0, 0.1) is 5.41 Å². The topological polar surface area (TPSA) is 64.1 Å². The lowest BCUT2D eigenvalue weighted by Gasteiger charge is -2.35. The van der Waals surface area contributed by atoms with E-state index in [4.69, 9.17) is 16.3 Å². The Kier molecular flexibility index (Phi) is 6.60. The smallest absolute Gasteiger partial charge is 0.307 e. The predicted octanol–water partition coefficient (Wildman–Crippen LogP) is 4.17. The minimum absolute atomic E-state index is 0.0373. The number of nitrogens with one attached hydrogen (secondary N) is 1. The average molecular weight is 352 g/mol. The first-order valence-electron chi connectivity index (χ1n) is 8.53. The number of allylic oxidation sites excluding steroid dienone is 1. The first kappa shape index (κ1) is 18.7. The molecule has 5 nitrogen and oxygen atoms in total. The van der Waals surface area contributed by atoms with Gasteiger partial charge in [0.1, 0.15) is 5.82 Å². The maximum Gasteiger partial charge on any atom is 0.307 e. The van der Waals surface area contributed by atoms with E-state index in [2.05, 4.69) is 28.8 Å². The van der Waals surface area contributed by atoms with E-state index in [1.165, 1.54) is 12.8 Å². The van der Waals surface area contributed by atoms with Crippen molar-refractivity contribution in [3.63, 3.8) is 0 Å². The molecule has 2 rings (SSSR count). The fourth-order valence-corrected chi connectivity index (χ4v) is 3.50. The number of aromatic nitrogens is 2. The van der Waals surface area contributed by atoms with Crippen molar-refractivity contribution in [3.8, 4) is 0 Å². The second-order valence-corrected chi connectivity index (χ2v) is 6.91. The summed E-state index contributed by atoms with van der Waals surface area (Å²) in [5.74, 6) is 0.492. The molecule has 0 radical (unpaired) electrons. The van der Waals surface area contributed by atoms with E-state index in [0.29, 0.717) is 25.3 Å². The lowest BCUT2D eigenvalue weighted by molar-refractivity contribution is -0.144. The van der Waals surface area contributed by atoms with Gasteiger partial charge in [0.15, 0.2) is 0 Å². The molecule has 1 aromatic rings. The number of halogens is 1. The molecule has 24 heavy (non-hydrogen) atoms. The zero-order valence-corrected chi connectivity index (χ0v) is 15.2. The maximum absolute atomic E-state index is 12.1. The molecule has 1 saturated carbocycles. The Morgan fingerprint density at radius 1 is 1.54 bits per heavy atom. The average Bonchev–Trinajstić information content (AvgIpc) is 2.98. The molecule has 1 heterocycles. The van der Waals surface area contributed by atoms with Crippen LogP contribution >= 0.6 is 11.6 Å². The maximum atomic E-state index is 12.1. The molecule has 1 atom stereocenters. The van der Waals surface area contributed by atoms with Crippen molar-refractivity contribution in [2.24, 2.45) is 5.41 Å². The van der Waals surface area contributed by atoms with Crippen LogP contribution in [-0.4, -0.2) is 28.6 Å². The Balaban J connectivity index is 2.25. The largest absolute Gasteiger partial charge is 0.466 e. The Hall–Kier alpha value is -1.62. The highest BCUT2D eigenvalue weighted by Gasteiger charge is 2.39. The summed E-state index contributed by atoms with van der Waals surface area (Å²) in [7, 11) is 0. The van der Waals surface area contributed by atoms with E-state index in [-0.39, 0.29) is 22.7 Å². The van der Waals surface area contributed by atoms with Gasteiger partial charge < -0.3 is 10.1 Å². The molecule has 132 valence electrons. The lowest BCUT2D eigenvalue weighted by Crippen LogP contribution is -2.39. The molecule has 0 amide bonds. The molecule has 1 aliphatic carbocycles. The van der Waals surface area contributed by atoms with Gasteiger partial charge in [-0.3, -0.25) is 4.79 Å². The number of rotatable bonds is 8. The molecule has 0 saturated heterocycles. The van der Waals surface area contributed by atoms with Crippen molar-refractivity contribution >= 4 is 23.4 Å². The van der Waals surface area contributed by atoms with Gasteiger partial charge in [0.2, 0.25) is 5.28 Å². The summed E-state index contributed by atoms with van der Waals surface area (Å²) < 4.78 is 5.16. The van der Waals surface area contributed by atoms with Crippen LogP contribution in [0.4, 0.5) is 5.82 Å². The van der Waals surface area contributed by atoms with E-state index >= 15 is 0 Å². The van der Waals surface area contributed by atoms with Crippen LogP contribution in [-0.2, 0) is 16.0 Å². The molecule has 1 unspecified atom stereocenters. The molecule has 6 heteroatoms. The molecule has 0 aromatic carbocycles. The zero-order valence-electron chi connectivity index (χ0n) is 14.5. The number of carbonyl (C=O) groups is 1. The first-order valence-corrected chi connectivity index (χ1v) is 8.90. The molecule has 1 N–H and O–H groups in total. The third-order valence-electron chi connectivity index (χ3n) is 4.77. The fraction of sp³-hybridized carbons (Fsp3) is 0.611. The summed E-state index contributed by atoms with van der Waals surface area (Å²) in [4.78, 5) is 20.5. The number of carbonyl (C=O) groups excluding carboxylic acids is 1. The first-order chi connectivity index (χ1) is 11.5. The van der Waals surface area contributed by atoms with Gasteiger partial charge in [0.25, 0.3) is 0 Å². The molecular weight excluding hydrogens is 326 g/mol. The van der Waals surface area contributed by atoms with Crippen molar-refractivity contribution < 1.29 is 9.53 Å². The van der Waals surface area contributed by atoms with Crippen LogP contribution in [0.15, 0.2) is 18.9 Å². The molecule has 1 aliphatic rings. The lowest BCUT2D eigenvalue weighted by atomic mass is 9.79. The highest BCUT2D eigenvalue weighted by molar-refractivity contribution is 6.28. The van der Waals surface area contributed by atoms with Crippen LogP contribution in [0.3, 0.4) is 0 Å². The van der Waals surface area contributed by atoms with Crippen LogP contribution in [0.2, 0.25) is 5.28 Å². The second kappa shape index (κ2) is 8.47. The van der Waals surface area contributed by atoms with Crippen molar-refractivity contribution in [3.05, 3.63) is 29.7 Å². The number of anilines is 1. The molecule has 0 bridgehead atoms. The minimum atomic E-state index is -0.187. The number of esters is 1. The SMILES string of the molecule is C=CCc1cnc(Cl)nc1NC(CC(=O)OCC)C1(C)CCCC1. The zero-order chi connectivity index (χ0) is 17.6. The monoisotopic (exact) mass is 351 g/mol. The summed E-state index contributed by atoms with van der Waals surface area (Å²) in [6, 6.07) is -0.0476. The third kappa shape index (κ3) is 4.69. The summed E-state index contributed by atoms with van der Waals surface area (Å²) in [5.41, 5.74) is 0.959. The van der Waals surface area contributed by atoms with Gasteiger partial charge >= 0.3 is 5.97 Å². The molecular formula is C18H26ClN3O2. The fourth-order valence-electron chi connectivity index (χ4n) is 3.37. The summed E-state index contributed by atoms with van der Waals surface area (Å²) >= 11 is 5.97. The van der Waals surface area contributed by atoms with Crippen LogP contribution in [0.5, 0.6) is 0 Å². The van der Waals surface area contributed by atoms with E-state index in [9.17, 15) is 4.79 Å². The molecule has 0 aliphatic heterocycles. The summed E-state index contributed by atoms with van der Waals surface area (Å²) in [5, 5.41) is 3.65. The van der Waals surface area contributed by atoms with Gasteiger partial charge in [0, 0.05) is 17.8 Å². The van der Waals surface area contributed by atoms with E-state index in [1.54, 1.807) is 12.3 Å². The van der Waals surface area contributed by atoms with Crippen LogP contribution in [0.1, 0.15) is 51.5 Å². The quantitative estimate of drug-likeness (QED) is 0.432. The predicted molar refractivity (Wildman–Crippen MR) is 96.2 cm³/mol. The van der Waals surface area contributed by atoms with Crippen LogP contribution in [0.25, 0.3) is 0 Å². The highest BCUT2D eigenvalue weighted by atomic mass is 35.5. The van der Waals surface area contributed by atoms with E-state index in [0.717, 1.165) is 18.4 Å². The number of nitrogens with zero attached hydrogens (tertiary/aromatic N) is 2. The van der Waals surface area contributed by atoms with Gasteiger partial charge in [-0.15, -0.1) is 6.58 Å². The van der Waals surface area contributed by atoms with Crippen molar-refractivity contribution in [2.45, 2.75) is 58.4 Å². The standard InChI is InChI=1S/C18H26ClN3O2/c1-4-8-13-12-20-17(19)22-16(13)21-14(11-15(23)24-5-2)18(3)9-6-7-10-18/h4,12,14H,1,5-11H2,2-3H3,(H,20,21,22). The van der Waals surface area contributed by atoms with Gasteiger partial charge in [-0.2, -0.15) is 0 Å². The van der Waals surface area contributed by atoms with Crippen molar-refractivity contribution in [1.29, 1.82) is 0 Å². The third-order valence-corrected chi connectivity index (χ3v) is 4.96. The normalized spacial score (nSPS) is 17.3. The number of hydrogen-bond donors (Lipinski definition) is 1. The van der Waals surface area contributed by atoms with Gasteiger partial charge in [0.05, 0.1) is 13.0 Å². The van der Waals surface area contributed by atoms with Crippen molar-refractivity contribution in [2.75, 3.05) is 11.9 Å². The molecule has 0 spiro atoms. The van der Waals surface area contributed by atoms with Gasteiger partial charge in [-0.25, -0.2) is 9.97 Å². The Morgan fingerprint density at radius 2 is 2.25 bits per heavy atom.